The highest BCUT2D eigenvalue weighted by atomic mass is 32.2. The van der Waals surface area contributed by atoms with Crippen molar-refractivity contribution < 1.29 is 31.4 Å². The van der Waals surface area contributed by atoms with Crippen molar-refractivity contribution in [2.45, 2.75) is 35.6 Å². The van der Waals surface area contributed by atoms with E-state index in [4.69, 9.17) is 4.74 Å². The molecule has 0 saturated carbocycles. The number of anilines is 1. The standard InChI is InChI=1S/C24H26F3N3O4S2/c1-23(31,24(25,26)27)19-6-8-20(9-7-19)30-12-11-29(36(32,33)22-5-3-13-35-22)15-21(30)17-34-16-18-4-2-10-28-14-18/h2-10,13-14,21,31H,11-12,15-17H2,1H3/t21-,23-/m0/s1. The second kappa shape index (κ2) is 10.5. The van der Waals surface area contributed by atoms with E-state index in [2.05, 4.69) is 4.98 Å². The molecule has 1 aliphatic rings. The molecule has 0 unspecified atom stereocenters. The van der Waals surface area contributed by atoms with Crippen molar-refractivity contribution in [1.82, 2.24) is 9.29 Å². The summed E-state index contributed by atoms with van der Waals surface area (Å²) in [5.74, 6) is 0. The van der Waals surface area contributed by atoms with Gasteiger partial charge in [0.1, 0.15) is 4.21 Å². The molecule has 1 saturated heterocycles. The predicted molar refractivity (Wildman–Crippen MR) is 130 cm³/mol. The summed E-state index contributed by atoms with van der Waals surface area (Å²) in [4.78, 5) is 5.98. The number of alkyl halides is 3. The average Bonchev–Trinajstić information content (AvgIpc) is 3.40. The van der Waals surface area contributed by atoms with Gasteiger partial charge in [-0.15, -0.1) is 11.3 Å². The lowest BCUT2D eigenvalue weighted by molar-refractivity contribution is -0.258. The fraction of sp³-hybridized carbons (Fsp3) is 0.375. The van der Waals surface area contributed by atoms with Gasteiger partial charge in [-0.2, -0.15) is 17.5 Å². The molecule has 12 heteroatoms. The summed E-state index contributed by atoms with van der Waals surface area (Å²) >= 11 is 1.15. The third-order valence-electron chi connectivity index (χ3n) is 6.15. The highest BCUT2D eigenvalue weighted by molar-refractivity contribution is 7.91. The third-order valence-corrected chi connectivity index (χ3v) is 9.39. The molecule has 2 atom stereocenters. The van der Waals surface area contributed by atoms with E-state index in [1.54, 1.807) is 36.0 Å². The topological polar surface area (TPSA) is 83.0 Å². The van der Waals surface area contributed by atoms with Crippen LogP contribution in [0.15, 0.2) is 70.5 Å². The molecule has 4 rings (SSSR count). The van der Waals surface area contributed by atoms with Gasteiger partial charge in [-0.3, -0.25) is 4.98 Å². The number of aromatic nitrogens is 1. The summed E-state index contributed by atoms with van der Waals surface area (Å²) in [6.45, 7) is 1.86. The van der Waals surface area contributed by atoms with E-state index in [0.29, 0.717) is 19.2 Å². The summed E-state index contributed by atoms with van der Waals surface area (Å²) in [5.41, 5.74) is -1.78. The Balaban J connectivity index is 1.55. The summed E-state index contributed by atoms with van der Waals surface area (Å²) < 4.78 is 73.5. The van der Waals surface area contributed by atoms with Crippen molar-refractivity contribution in [2.75, 3.05) is 31.1 Å². The number of hydrogen-bond acceptors (Lipinski definition) is 7. The quantitative estimate of drug-likeness (QED) is 0.464. The van der Waals surface area contributed by atoms with Crippen molar-refractivity contribution in [3.8, 4) is 0 Å². The first-order chi connectivity index (χ1) is 17.0. The first-order valence-corrected chi connectivity index (χ1v) is 13.5. The smallest absolute Gasteiger partial charge is 0.376 e. The number of halogens is 3. The predicted octanol–water partition coefficient (Wildman–Crippen LogP) is 4.01. The van der Waals surface area contributed by atoms with E-state index < -0.39 is 21.8 Å². The maximum atomic E-state index is 13.2. The van der Waals surface area contributed by atoms with Crippen LogP contribution in [-0.2, 0) is 27.0 Å². The molecule has 7 nitrogen and oxygen atoms in total. The Kier molecular flexibility index (Phi) is 7.72. The van der Waals surface area contributed by atoms with E-state index in [0.717, 1.165) is 16.9 Å². The molecule has 0 radical (unpaired) electrons. The van der Waals surface area contributed by atoms with Crippen LogP contribution >= 0.6 is 11.3 Å². The van der Waals surface area contributed by atoms with Crippen LogP contribution in [0.3, 0.4) is 0 Å². The molecule has 3 heterocycles. The van der Waals surface area contributed by atoms with Gasteiger partial charge in [-0.05, 0) is 47.7 Å². The molecule has 1 N–H and O–H groups in total. The molecular formula is C24H26F3N3O4S2. The summed E-state index contributed by atoms with van der Waals surface area (Å²) in [6, 6.07) is 12.0. The second-order valence-electron chi connectivity index (χ2n) is 8.64. The zero-order valence-electron chi connectivity index (χ0n) is 19.4. The fourth-order valence-corrected chi connectivity index (χ4v) is 6.62. The number of rotatable bonds is 8. The van der Waals surface area contributed by atoms with Gasteiger partial charge in [0.15, 0.2) is 5.60 Å². The normalized spacial score (nSPS) is 19.2. The maximum absolute atomic E-state index is 13.2. The van der Waals surface area contributed by atoms with Crippen LogP contribution in [0.2, 0.25) is 0 Å². The number of sulfonamides is 1. The molecule has 1 fully saturated rings. The van der Waals surface area contributed by atoms with Gasteiger partial charge in [-0.25, -0.2) is 8.42 Å². The Morgan fingerprint density at radius 2 is 1.89 bits per heavy atom. The van der Waals surface area contributed by atoms with Crippen LogP contribution < -0.4 is 4.90 Å². The van der Waals surface area contributed by atoms with Gasteiger partial charge >= 0.3 is 6.18 Å². The van der Waals surface area contributed by atoms with E-state index in [1.807, 2.05) is 11.0 Å². The zero-order chi connectivity index (χ0) is 26.0. The van der Waals surface area contributed by atoms with Crippen LogP contribution in [-0.4, -0.2) is 61.3 Å². The molecule has 0 aliphatic carbocycles. The minimum atomic E-state index is -4.82. The van der Waals surface area contributed by atoms with E-state index in [9.17, 15) is 26.7 Å². The van der Waals surface area contributed by atoms with Crippen LogP contribution in [0.1, 0.15) is 18.1 Å². The van der Waals surface area contributed by atoms with Crippen LogP contribution in [0, 0.1) is 0 Å². The number of nitrogens with zero attached hydrogens (tertiary/aromatic N) is 3. The minimum absolute atomic E-state index is 0.148. The van der Waals surface area contributed by atoms with Crippen molar-refractivity contribution in [2.24, 2.45) is 0 Å². The van der Waals surface area contributed by atoms with Gasteiger partial charge in [-0.1, -0.05) is 24.3 Å². The number of aliphatic hydroxyl groups is 1. The van der Waals surface area contributed by atoms with E-state index >= 15 is 0 Å². The number of piperazine rings is 1. The minimum Gasteiger partial charge on any atom is -0.376 e. The van der Waals surface area contributed by atoms with Crippen molar-refractivity contribution in [3.05, 3.63) is 77.4 Å². The number of pyridine rings is 1. The Hall–Kier alpha value is -2.51. The van der Waals surface area contributed by atoms with Gasteiger partial charge in [0.25, 0.3) is 10.0 Å². The Labute approximate surface area is 211 Å². The molecule has 0 spiro atoms. The molecule has 194 valence electrons. The summed E-state index contributed by atoms with van der Waals surface area (Å²) in [5, 5.41) is 11.7. The van der Waals surface area contributed by atoms with Gasteiger partial charge in [0.2, 0.25) is 0 Å². The van der Waals surface area contributed by atoms with Gasteiger partial charge in [0.05, 0.1) is 19.3 Å². The van der Waals surface area contributed by atoms with Crippen molar-refractivity contribution in [3.63, 3.8) is 0 Å². The molecular weight excluding hydrogens is 515 g/mol. The largest absolute Gasteiger partial charge is 0.421 e. The molecule has 2 aromatic heterocycles. The number of benzene rings is 1. The summed E-state index contributed by atoms with van der Waals surface area (Å²) in [7, 11) is -3.68. The highest BCUT2D eigenvalue weighted by Gasteiger charge is 2.51. The first-order valence-electron chi connectivity index (χ1n) is 11.2. The van der Waals surface area contributed by atoms with E-state index in [1.165, 1.54) is 28.6 Å². The fourth-order valence-electron chi connectivity index (χ4n) is 4.00. The lowest BCUT2D eigenvalue weighted by atomic mass is 9.95. The van der Waals surface area contributed by atoms with Crippen LogP contribution in [0.4, 0.5) is 18.9 Å². The average molecular weight is 542 g/mol. The lowest BCUT2D eigenvalue weighted by Gasteiger charge is -2.42. The first kappa shape index (κ1) is 26.6. The molecule has 0 amide bonds. The Morgan fingerprint density at radius 3 is 2.50 bits per heavy atom. The number of thiophene rings is 1. The van der Waals surface area contributed by atoms with Crippen LogP contribution in [0.5, 0.6) is 0 Å². The van der Waals surface area contributed by atoms with Gasteiger partial charge < -0.3 is 14.7 Å². The Morgan fingerprint density at radius 1 is 1.14 bits per heavy atom. The zero-order valence-corrected chi connectivity index (χ0v) is 21.1. The number of ether oxygens (including phenoxy) is 1. The number of hydrogen-bond donors (Lipinski definition) is 1. The third kappa shape index (κ3) is 5.57. The maximum Gasteiger partial charge on any atom is 0.421 e. The Bertz CT molecular complexity index is 1240. The summed E-state index contributed by atoms with van der Waals surface area (Å²) in [6.07, 6.45) is -1.49. The molecule has 3 aromatic rings. The SMILES string of the molecule is C[C@](O)(c1ccc(N2CCN(S(=O)(=O)c3cccs3)C[C@H]2COCc2cccnc2)cc1)C(F)(F)F. The second-order valence-corrected chi connectivity index (χ2v) is 11.7. The molecule has 0 bridgehead atoms. The van der Waals surface area contributed by atoms with Gasteiger partial charge in [0, 0.05) is 37.7 Å². The lowest BCUT2D eigenvalue weighted by Crippen LogP contribution is -2.56. The van der Waals surface area contributed by atoms with Crippen LogP contribution in [0.25, 0.3) is 0 Å². The highest BCUT2D eigenvalue weighted by Crippen LogP contribution is 2.39. The molecule has 1 aliphatic heterocycles. The molecule has 36 heavy (non-hydrogen) atoms. The van der Waals surface area contributed by atoms with Crippen molar-refractivity contribution in [1.29, 1.82) is 0 Å². The molecule has 1 aromatic carbocycles. The van der Waals surface area contributed by atoms with Crippen molar-refractivity contribution >= 4 is 27.0 Å². The van der Waals surface area contributed by atoms with E-state index in [-0.39, 0.29) is 42.1 Å². The monoisotopic (exact) mass is 541 g/mol.